The number of ether oxygens (including phenoxy) is 1. The van der Waals surface area contributed by atoms with Gasteiger partial charge in [-0.25, -0.2) is 4.98 Å². The van der Waals surface area contributed by atoms with Crippen LogP contribution in [0.3, 0.4) is 0 Å². The maximum atomic E-state index is 12.4. The number of aromatic nitrogens is 1. The Bertz CT molecular complexity index is 1030. The molecule has 6 heteroatoms. The second-order valence-electron chi connectivity index (χ2n) is 5.92. The monoisotopic (exact) mass is 377 g/mol. The van der Waals surface area contributed by atoms with Crippen molar-refractivity contribution >= 4 is 34.3 Å². The van der Waals surface area contributed by atoms with Gasteiger partial charge < -0.3 is 10.1 Å². The highest BCUT2D eigenvalue weighted by molar-refractivity contribution is 8.00. The van der Waals surface area contributed by atoms with Crippen LogP contribution in [0.2, 0.25) is 0 Å². The van der Waals surface area contributed by atoms with Gasteiger partial charge in [0, 0.05) is 5.39 Å². The average Bonchev–Trinajstić information content (AvgIpc) is 2.67. The van der Waals surface area contributed by atoms with Crippen molar-refractivity contribution in [1.29, 1.82) is 5.26 Å². The molecule has 0 spiro atoms. The highest BCUT2D eigenvalue weighted by Crippen LogP contribution is 2.27. The van der Waals surface area contributed by atoms with Gasteiger partial charge in [0.05, 0.1) is 29.1 Å². The maximum absolute atomic E-state index is 12.4. The predicted octanol–water partition coefficient (Wildman–Crippen LogP) is 4.54. The molecule has 0 unspecified atom stereocenters. The van der Waals surface area contributed by atoms with Crippen molar-refractivity contribution in [3.8, 4) is 11.8 Å². The second-order valence-corrected chi connectivity index (χ2v) is 6.88. The number of amides is 1. The number of pyridine rings is 1. The van der Waals surface area contributed by atoms with Gasteiger partial charge in [-0.15, -0.1) is 0 Å². The first-order chi connectivity index (χ1) is 13.1. The van der Waals surface area contributed by atoms with Gasteiger partial charge in [-0.05, 0) is 43.7 Å². The lowest BCUT2D eigenvalue weighted by atomic mass is 10.1. The van der Waals surface area contributed by atoms with Gasteiger partial charge >= 0.3 is 0 Å². The Kier molecular flexibility index (Phi) is 5.94. The first-order valence-electron chi connectivity index (χ1n) is 8.56. The summed E-state index contributed by atoms with van der Waals surface area (Å²) >= 11 is 1.25. The van der Waals surface area contributed by atoms with E-state index in [1.807, 2.05) is 56.3 Å². The molecule has 0 fully saturated rings. The summed E-state index contributed by atoms with van der Waals surface area (Å²) in [5.74, 6) is 0.608. The summed E-state index contributed by atoms with van der Waals surface area (Å²) < 4.78 is 5.52. The molecule has 2 aromatic carbocycles. The topological polar surface area (TPSA) is 75.0 Å². The third-order valence-electron chi connectivity index (χ3n) is 3.86. The van der Waals surface area contributed by atoms with Gasteiger partial charge in [-0.2, -0.15) is 5.26 Å². The molecule has 5 nitrogen and oxygen atoms in total. The van der Waals surface area contributed by atoms with Crippen molar-refractivity contribution in [1.82, 2.24) is 4.98 Å². The number of anilines is 1. The smallest absolute Gasteiger partial charge is 0.234 e. The SMILES string of the molecule is CCOc1ccccc1NC(=O)CSc1nc2cc(C)ccc2cc1C#N. The predicted molar refractivity (Wildman–Crippen MR) is 108 cm³/mol. The fourth-order valence-corrected chi connectivity index (χ4v) is 3.38. The standard InChI is InChI=1S/C21H19N3O2S/c1-3-26-19-7-5-4-6-17(19)23-20(25)13-27-21-16(12-22)11-15-9-8-14(2)10-18(15)24-21/h4-11H,3,13H2,1-2H3,(H,23,25). The zero-order valence-electron chi connectivity index (χ0n) is 15.2. The number of para-hydroxylation sites is 2. The van der Waals surface area contributed by atoms with E-state index in [4.69, 9.17) is 4.74 Å². The van der Waals surface area contributed by atoms with Crippen LogP contribution >= 0.6 is 11.8 Å². The van der Waals surface area contributed by atoms with E-state index < -0.39 is 0 Å². The van der Waals surface area contributed by atoms with E-state index in [1.54, 1.807) is 6.07 Å². The largest absolute Gasteiger partial charge is 0.492 e. The minimum Gasteiger partial charge on any atom is -0.492 e. The third kappa shape index (κ3) is 4.57. The number of carbonyl (C=O) groups excluding carboxylic acids is 1. The van der Waals surface area contributed by atoms with Gasteiger partial charge in [0.2, 0.25) is 5.91 Å². The van der Waals surface area contributed by atoms with Crippen LogP contribution in [0.15, 0.2) is 53.6 Å². The second kappa shape index (κ2) is 8.56. The summed E-state index contributed by atoms with van der Waals surface area (Å²) in [4.78, 5) is 16.9. The molecule has 0 aliphatic rings. The molecule has 3 aromatic rings. The lowest BCUT2D eigenvalue weighted by molar-refractivity contribution is -0.113. The van der Waals surface area contributed by atoms with Crippen LogP contribution in [0.5, 0.6) is 5.75 Å². The lowest BCUT2D eigenvalue weighted by Crippen LogP contribution is -2.15. The summed E-state index contributed by atoms with van der Waals surface area (Å²) in [5, 5.41) is 13.7. The van der Waals surface area contributed by atoms with Crippen LogP contribution in [-0.2, 0) is 4.79 Å². The van der Waals surface area contributed by atoms with E-state index in [-0.39, 0.29) is 11.7 Å². The van der Waals surface area contributed by atoms with Crippen LogP contribution < -0.4 is 10.1 Å². The molecule has 1 amide bonds. The Hall–Kier alpha value is -3.04. The molecule has 0 aliphatic carbocycles. The molecule has 1 N–H and O–H groups in total. The number of carbonyl (C=O) groups is 1. The number of nitrogens with zero attached hydrogens (tertiary/aromatic N) is 2. The Morgan fingerprint density at radius 3 is 2.85 bits per heavy atom. The van der Waals surface area contributed by atoms with Gasteiger partial charge in [0.1, 0.15) is 16.8 Å². The summed E-state index contributed by atoms with van der Waals surface area (Å²) in [6.45, 7) is 4.41. The number of thioether (sulfide) groups is 1. The molecule has 0 radical (unpaired) electrons. The summed E-state index contributed by atoms with van der Waals surface area (Å²) in [5.41, 5.74) is 3.02. The first kappa shape index (κ1) is 18.7. The molecule has 0 saturated heterocycles. The van der Waals surface area contributed by atoms with Crippen LogP contribution in [0.1, 0.15) is 18.1 Å². The molecule has 3 rings (SSSR count). The summed E-state index contributed by atoms with van der Waals surface area (Å²) in [7, 11) is 0. The van der Waals surface area contributed by atoms with Crippen LogP contribution in [0, 0.1) is 18.3 Å². The first-order valence-corrected chi connectivity index (χ1v) is 9.55. The van der Waals surface area contributed by atoms with Crippen LogP contribution in [0.4, 0.5) is 5.69 Å². The zero-order chi connectivity index (χ0) is 19.2. The van der Waals surface area contributed by atoms with Crippen molar-refractivity contribution in [3.63, 3.8) is 0 Å². The van der Waals surface area contributed by atoms with Crippen LogP contribution in [-0.4, -0.2) is 23.3 Å². The number of rotatable bonds is 6. The molecule has 0 bridgehead atoms. The Morgan fingerprint density at radius 2 is 2.07 bits per heavy atom. The minimum absolute atomic E-state index is 0.152. The van der Waals surface area contributed by atoms with Crippen molar-refractivity contribution in [2.45, 2.75) is 18.9 Å². The zero-order valence-corrected chi connectivity index (χ0v) is 16.0. The number of benzene rings is 2. The van der Waals surface area contributed by atoms with Crippen molar-refractivity contribution < 1.29 is 9.53 Å². The number of hydrogen-bond acceptors (Lipinski definition) is 5. The highest BCUT2D eigenvalue weighted by Gasteiger charge is 2.12. The lowest BCUT2D eigenvalue weighted by Gasteiger charge is -2.11. The van der Waals surface area contributed by atoms with Crippen molar-refractivity contribution in [3.05, 3.63) is 59.7 Å². The fraction of sp³-hybridized carbons (Fsp3) is 0.190. The highest BCUT2D eigenvalue weighted by atomic mass is 32.2. The van der Waals surface area contributed by atoms with Gasteiger partial charge in [-0.3, -0.25) is 4.79 Å². The Labute approximate surface area is 162 Å². The number of aryl methyl sites for hydroxylation is 1. The molecule has 0 aliphatic heterocycles. The van der Waals surface area contributed by atoms with E-state index in [0.717, 1.165) is 16.5 Å². The van der Waals surface area contributed by atoms with E-state index in [0.29, 0.717) is 28.6 Å². The molecular formula is C21H19N3O2S. The average molecular weight is 377 g/mol. The van der Waals surface area contributed by atoms with Crippen LogP contribution in [0.25, 0.3) is 10.9 Å². The van der Waals surface area contributed by atoms with Gasteiger partial charge in [0.15, 0.2) is 0 Å². The number of nitriles is 1. The fourth-order valence-electron chi connectivity index (χ4n) is 2.62. The normalized spacial score (nSPS) is 10.4. The maximum Gasteiger partial charge on any atom is 0.234 e. The molecular weight excluding hydrogens is 358 g/mol. The quantitative estimate of drug-likeness (QED) is 0.638. The van der Waals surface area contributed by atoms with Gasteiger partial charge in [0.25, 0.3) is 0 Å². The number of fused-ring (bicyclic) bond motifs is 1. The number of nitrogens with one attached hydrogen (secondary N) is 1. The van der Waals surface area contributed by atoms with E-state index in [9.17, 15) is 10.1 Å². The summed E-state index contributed by atoms with van der Waals surface area (Å²) in [6, 6.07) is 17.2. The number of hydrogen-bond donors (Lipinski definition) is 1. The van der Waals surface area contributed by atoms with E-state index in [2.05, 4.69) is 16.4 Å². The van der Waals surface area contributed by atoms with E-state index in [1.165, 1.54) is 11.8 Å². The summed E-state index contributed by atoms with van der Waals surface area (Å²) in [6.07, 6.45) is 0. The van der Waals surface area contributed by atoms with E-state index >= 15 is 0 Å². The Morgan fingerprint density at radius 1 is 1.26 bits per heavy atom. The molecule has 27 heavy (non-hydrogen) atoms. The van der Waals surface area contributed by atoms with Crippen molar-refractivity contribution in [2.24, 2.45) is 0 Å². The van der Waals surface area contributed by atoms with Gasteiger partial charge in [-0.1, -0.05) is 36.0 Å². The molecule has 1 heterocycles. The molecule has 0 saturated carbocycles. The molecule has 1 aromatic heterocycles. The third-order valence-corrected chi connectivity index (χ3v) is 4.85. The molecule has 136 valence electrons. The molecule has 0 atom stereocenters. The minimum atomic E-state index is -0.179. The Balaban J connectivity index is 1.74. The van der Waals surface area contributed by atoms with Crippen molar-refractivity contribution in [2.75, 3.05) is 17.7 Å².